The highest BCUT2D eigenvalue weighted by molar-refractivity contribution is 7.89. The Balaban J connectivity index is 2.38. The molecule has 3 N–H and O–H groups in total. The van der Waals surface area contributed by atoms with Crippen LogP contribution in [0.3, 0.4) is 0 Å². The lowest BCUT2D eigenvalue weighted by atomic mass is 10.1. The molecular weight excluding hydrogens is 278 g/mol. The van der Waals surface area contributed by atoms with Gasteiger partial charge in [0.2, 0.25) is 15.9 Å². The molecule has 110 valence electrons. The number of carbonyl (C=O) groups excluding carboxylic acids is 1. The van der Waals surface area contributed by atoms with Crippen LogP contribution >= 0.6 is 0 Å². The van der Waals surface area contributed by atoms with Gasteiger partial charge < -0.3 is 11.1 Å². The normalized spacial score (nSPS) is 19.4. The van der Waals surface area contributed by atoms with E-state index in [4.69, 9.17) is 5.73 Å². The van der Waals surface area contributed by atoms with Crippen molar-refractivity contribution in [1.82, 2.24) is 9.62 Å². The van der Waals surface area contributed by atoms with Gasteiger partial charge in [-0.15, -0.1) is 0 Å². The zero-order valence-corrected chi connectivity index (χ0v) is 12.4. The lowest BCUT2D eigenvalue weighted by Crippen LogP contribution is -2.38. The van der Waals surface area contributed by atoms with Crippen molar-refractivity contribution in [3.63, 3.8) is 0 Å². The van der Waals surface area contributed by atoms with Crippen LogP contribution in [0, 0.1) is 6.92 Å². The second-order valence-corrected chi connectivity index (χ2v) is 7.01. The quantitative estimate of drug-likeness (QED) is 0.823. The van der Waals surface area contributed by atoms with Crippen LogP contribution in [0.4, 0.5) is 0 Å². The van der Waals surface area contributed by atoms with Crippen LogP contribution in [0.1, 0.15) is 22.3 Å². The maximum atomic E-state index is 12.6. The second-order valence-electron chi connectivity index (χ2n) is 5.01. The van der Waals surface area contributed by atoms with E-state index < -0.39 is 15.9 Å². The fraction of sp³-hybridized carbons (Fsp3) is 0.462. The summed E-state index contributed by atoms with van der Waals surface area (Å²) < 4.78 is 26.5. The largest absolute Gasteiger partial charge is 0.366 e. The van der Waals surface area contributed by atoms with Crippen LogP contribution < -0.4 is 11.1 Å². The summed E-state index contributed by atoms with van der Waals surface area (Å²) >= 11 is 0. The summed E-state index contributed by atoms with van der Waals surface area (Å²) in [4.78, 5) is 11.4. The van der Waals surface area contributed by atoms with Crippen molar-refractivity contribution in [2.45, 2.75) is 24.3 Å². The van der Waals surface area contributed by atoms with E-state index in [0.29, 0.717) is 12.1 Å². The first-order chi connectivity index (χ1) is 9.34. The number of hydrogen-bond acceptors (Lipinski definition) is 4. The van der Waals surface area contributed by atoms with Gasteiger partial charge >= 0.3 is 0 Å². The number of nitrogens with two attached hydrogens (primary N) is 1. The summed E-state index contributed by atoms with van der Waals surface area (Å²) in [6.07, 6.45) is 0.782. The molecule has 0 saturated carbocycles. The van der Waals surface area contributed by atoms with Crippen LogP contribution in [-0.2, 0) is 10.0 Å². The van der Waals surface area contributed by atoms with Crippen LogP contribution in [0.15, 0.2) is 23.1 Å². The van der Waals surface area contributed by atoms with E-state index in [9.17, 15) is 13.2 Å². The van der Waals surface area contributed by atoms with Gasteiger partial charge in [0.1, 0.15) is 0 Å². The smallest absolute Gasteiger partial charge is 0.249 e. The number of nitrogens with zero attached hydrogens (tertiary/aromatic N) is 1. The summed E-state index contributed by atoms with van der Waals surface area (Å²) in [5.41, 5.74) is 6.18. The first kappa shape index (κ1) is 15.0. The third-order valence-electron chi connectivity index (χ3n) is 3.70. The fourth-order valence-corrected chi connectivity index (χ4v) is 3.75. The number of primary amides is 1. The Morgan fingerprint density at radius 1 is 1.45 bits per heavy atom. The van der Waals surface area contributed by atoms with Crippen molar-refractivity contribution >= 4 is 15.9 Å². The highest BCUT2D eigenvalue weighted by Crippen LogP contribution is 2.21. The fourth-order valence-electron chi connectivity index (χ4n) is 2.34. The number of nitrogens with one attached hydrogen (secondary N) is 1. The van der Waals surface area contributed by atoms with Crippen molar-refractivity contribution in [2.24, 2.45) is 5.73 Å². The molecule has 0 radical (unpaired) electrons. The molecule has 1 aromatic carbocycles. The molecule has 1 aromatic rings. The first-order valence-corrected chi connectivity index (χ1v) is 7.87. The molecule has 0 aliphatic carbocycles. The average molecular weight is 297 g/mol. The molecular formula is C13H19N3O3S. The number of benzene rings is 1. The molecule has 20 heavy (non-hydrogen) atoms. The minimum Gasteiger partial charge on any atom is -0.366 e. The number of sulfonamides is 1. The van der Waals surface area contributed by atoms with E-state index in [1.54, 1.807) is 20.0 Å². The molecule has 1 heterocycles. The Morgan fingerprint density at radius 2 is 2.15 bits per heavy atom. The standard InChI is InChI=1S/C13H19N3O3S/c1-9-3-4-11(7-12(9)13(14)17)20(18,19)16(2)10-5-6-15-8-10/h3-4,7,10,15H,5-6,8H2,1-2H3,(H2,14,17). The molecule has 1 saturated heterocycles. The van der Waals surface area contributed by atoms with Gasteiger partial charge in [-0.05, 0) is 37.6 Å². The molecule has 1 aliphatic rings. The van der Waals surface area contributed by atoms with Crippen molar-refractivity contribution < 1.29 is 13.2 Å². The number of aryl methyl sites for hydroxylation is 1. The van der Waals surface area contributed by atoms with Crippen LogP contribution in [0.2, 0.25) is 0 Å². The predicted octanol–water partition coefficient (Wildman–Crippen LogP) is 0.0763. The van der Waals surface area contributed by atoms with E-state index in [1.807, 2.05) is 0 Å². The average Bonchev–Trinajstić information content (AvgIpc) is 2.91. The Hall–Kier alpha value is -1.44. The predicted molar refractivity (Wildman–Crippen MR) is 75.9 cm³/mol. The highest BCUT2D eigenvalue weighted by Gasteiger charge is 2.30. The topological polar surface area (TPSA) is 92.5 Å². The Morgan fingerprint density at radius 3 is 2.70 bits per heavy atom. The lowest BCUT2D eigenvalue weighted by molar-refractivity contribution is 0.0999. The minimum atomic E-state index is -3.61. The number of likely N-dealkylation sites (N-methyl/N-ethyl adjacent to an activating group) is 1. The molecule has 7 heteroatoms. The summed E-state index contributed by atoms with van der Waals surface area (Å²) in [6.45, 7) is 3.18. The monoisotopic (exact) mass is 297 g/mol. The molecule has 1 unspecified atom stereocenters. The van der Waals surface area contributed by atoms with Crippen molar-refractivity contribution in [3.05, 3.63) is 29.3 Å². The van der Waals surface area contributed by atoms with Gasteiger partial charge in [-0.25, -0.2) is 8.42 Å². The van der Waals surface area contributed by atoms with E-state index >= 15 is 0 Å². The van der Waals surface area contributed by atoms with Gasteiger partial charge in [0.05, 0.1) is 4.90 Å². The summed E-state index contributed by atoms with van der Waals surface area (Å²) in [5, 5.41) is 3.14. The molecule has 2 rings (SSSR count). The first-order valence-electron chi connectivity index (χ1n) is 6.43. The molecule has 0 aromatic heterocycles. The van der Waals surface area contributed by atoms with Gasteiger partial charge in [0.25, 0.3) is 0 Å². The summed E-state index contributed by atoms with van der Waals surface area (Å²) in [7, 11) is -2.04. The second kappa shape index (κ2) is 5.51. The lowest BCUT2D eigenvalue weighted by Gasteiger charge is -2.23. The third kappa shape index (κ3) is 2.70. The molecule has 1 aliphatic heterocycles. The van der Waals surface area contributed by atoms with Gasteiger partial charge in [0.15, 0.2) is 0 Å². The van der Waals surface area contributed by atoms with Crippen molar-refractivity contribution in [2.75, 3.05) is 20.1 Å². The Kier molecular flexibility index (Phi) is 4.12. The van der Waals surface area contributed by atoms with E-state index in [0.717, 1.165) is 13.0 Å². The van der Waals surface area contributed by atoms with Gasteiger partial charge in [-0.3, -0.25) is 4.79 Å². The van der Waals surface area contributed by atoms with Crippen molar-refractivity contribution in [1.29, 1.82) is 0 Å². The molecule has 1 atom stereocenters. The molecule has 1 amide bonds. The minimum absolute atomic E-state index is 0.0571. The number of carbonyl (C=O) groups is 1. The van der Waals surface area contributed by atoms with Gasteiger partial charge in [0, 0.05) is 25.2 Å². The van der Waals surface area contributed by atoms with Gasteiger partial charge in [-0.1, -0.05) is 6.07 Å². The molecule has 1 fully saturated rings. The molecule has 0 spiro atoms. The number of amides is 1. The van der Waals surface area contributed by atoms with E-state index in [-0.39, 0.29) is 16.5 Å². The van der Waals surface area contributed by atoms with E-state index in [1.165, 1.54) is 16.4 Å². The number of hydrogen-bond donors (Lipinski definition) is 2. The molecule has 6 nitrogen and oxygen atoms in total. The number of rotatable bonds is 4. The third-order valence-corrected chi connectivity index (χ3v) is 5.61. The zero-order valence-electron chi connectivity index (χ0n) is 11.6. The van der Waals surface area contributed by atoms with E-state index in [2.05, 4.69) is 5.32 Å². The maximum Gasteiger partial charge on any atom is 0.249 e. The van der Waals surface area contributed by atoms with Crippen LogP contribution in [0.5, 0.6) is 0 Å². The van der Waals surface area contributed by atoms with Crippen LogP contribution in [0.25, 0.3) is 0 Å². The molecule has 0 bridgehead atoms. The summed E-state index contributed by atoms with van der Waals surface area (Å²) in [6, 6.07) is 4.41. The zero-order chi connectivity index (χ0) is 14.9. The highest BCUT2D eigenvalue weighted by atomic mass is 32.2. The maximum absolute atomic E-state index is 12.6. The Labute approximate surface area is 119 Å². The Bertz CT molecular complexity index is 622. The SMILES string of the molecule is Cc1ccc(S(=O)(=O)N(C)C2CCNC2)cc1C(N)=O. The summed E-state index contributed by atoms with van der Waals surface area (Å²) in [5.74, 6) is -0.621. The van der Waals surface area contributed by atoms with Gasteiger partial charge in [-0.2, -0.15) is 4.31 Å². The van der Waals surface area contributed by atoms with Crippen LogP contribution in [-0.4, -0.2) is 44.8 Å². The van der Waals surface area contributed by atoms with Crippen molar-refractivity contribution in [3.8, 4) is 0 Å².